The number of halogens is 2. The Morgan fingerprint density at radius 2 is 1.81 bits per heavy atom. The highest BCUT2D eigenvalue weighted by molar-refractivity contribution is 6.36. The average molecular weight is 405 g/mol. The summed E-state index contributed by atoms with van der Waals surface area (Å²) in [7, 11) is 0. The molecule has 1 fully saturated rings. The SMILES string of the molecule is N#Cc1cc([N+](=O)[O-])ccc1N1CCN(C(=O)c2ccc(Cl)cc2Cl)CC1. The van der Waals surface area contributed by atoms with Crippen LogP contribution in [-0.4, -0.2) is 41.9 Å². The molecule has 0 saturated carbocycles. The van der Waals surface area contributed by atoms with Crippen molar-refractivity contribution in [2.45, 2.75) is 0 Å². The van der Waals surface area contributed by atoms with Crippen LogP contribution in [0.25, 0.3) is 0 Å². The molecule has 9 heteroatoms. The fourth-order valence-electron chi connectivity index (χ4n) is 2.99. The van der Waals surface area contributed by atoms with E-state index in [1.807, 2.05) is 11.0 Å². The summed E-state index contributed by atoms with van der Waals surface area (Å²) in [6, 6.07) is 11.0. The molecule has 2 aromatic rings. The van der Waals surface area contributed by atoms with Crippen LogP contribution >= 0.6 is 23.2 Å². The molecule has 0 N–H and O–H groups in total. The molecule has 0 atom stereocenters. The first-order chi connectivity index (χ1) is 12.9. The van der Waals surface area contributed by atoms with Crippen LogP contribution in [0, 0.1) is 21.4 Å². The van der Waals surface area contributed by atoms with E-state index in [2.05, 4.69) is 0 Å². The fraction of sp³-hybridized carbons (Fsp3) is 0.222. The van der Waals surface area contributed by atoms with Crippen molar-refractivity contribution in [1.29, 1.82) is 5.26 Å². The predicted octanol–water partition coefficient (Wildman–Crippen LogP) is 3.74. The van der Waals surface area contributed by atoms with Crippen LogP contribution in [0.5, 0.6) is 0 Å². The lowest BCUT2D eigenvalue weighted by atomic mass is 10.1. The van der Waals surface area contributed by atoms with Crippen LogP contribution in [0.2, 0.25) is 10.0 Å². The first-order valence-corrected chi connectivity index (χ1v) is 8.84. The molecule has 0 bridgehead atoms. The molecule has 0 aliphatic carbocycles. The number of carbonyl (C=O) groups is 1. The molecule has 0 radical (unpaired) electrons. The molecular formula is C18H14Cl2N4O3. The molecule has 1 heterocycles. The quantitative estimate of drug-likeness (QED) is 0.573. The highest BCUT2D eigenvalue weighted by Gasteiger charge is 2.25. The third-order valence-electron chi connectivity index (χ3n) is 4.38. The van der Waals surface area contributed by atoms with Gasteiger partial charge in [-0.1, -0.05) is 23.2 Å². The Bertz CT molecular complexity index is 950. The van der Waals surface area contributed by atoms with Gasteiger partial charge in [-0.15, -0.1) is 0 Å². The summed E-state index contributed by atoms with van der Waals surface area (Å²) in [4.78, 5) is 26.6. The molecule has 138 valence electrons. The maximum atomic E-state index is 12.7. The number of amides is 1. The van der Waals surface area contributed by atoms with E-state index in [0.29, 0.717) is 47.5 Å². The molecule has 0 spiro atoms. The molecule has 1 aliphatic rings. The van der Waals surface area contributed by atoms with Crippen LogP contribution in [-0.2, 0) is 0 Å². The van der Waals surface area contributed by atoms with Gasteiger partial charge in [0.15, 0.2) is 0 Å². The second-order valence-electron chi connectivity index (χ2n) is 5.97. The van der Waals surface area contributed by atoms with Crippen LogP contribution in [0.15, 0.2) is 36.4 Å². The molecule has 0 aromatic heterocycles. The molecule has 27 heavy (non-hydrogen) atoms. The number of carbonyl (C=O) groups excluding carboxylic acids is 1. The normalized spacial score (nSPS) is 14.0. The van der Waals surface area contributed by atoms with Gasteiger partial charge in [-0.3, -0.25) is 14.9 Å². The van der Waals surface area contributed by atoms with Gasteiger partial charge in [0.25, 0.3) is 11.6 Å². The third-order valence-corrected chi connectivity index (χ3v) is 4.93. The van der Waals surface area contributed by atoms with E-state index in [1.165, 1.54) is 18.2 Å². The molecular weight excluding hydrogens is 391 g/mol. The summed E-state index contributed by atoms with van der Waals surface area (Å²) in [5.74, 6) is -0.180. The molecule has 0 unspecified atom stereocenters. The Balaban J connectivity index is 1.73. The van der Waals surface area contributed by atoms with Gasteiger partial charge in [0, 0.05) is 43.3 Å². The van der Waals surface area contributed by atoms with Crippen LogP contribution in [0.3, 0.4) is 0 Å². The zero-order chi connectivity index (χ0) is 19.6. The average Bonchev–Trinajstić information content (AvgIpc) is 2.67. The standard InChI is InChI=1S/C18H14Cl2N4O3/c19-13-1-3-15(16(20)10-13)18(25)23-7-5-22(6-8-23)17-4-2-14(24(26)27)9-12(17)11-21/h1-4,9-10H,5-8H2. The van der Waals surface area contributed by atoms with E-state index in [-0.39, 0.29) is 17.2 Å². The summed E-state index contributed by atoms with van der Waals surface area (Å²) >= 11 is 12.0. The van der Waals surface area contributed by atoms with E-state index < -0.39 is 4.92 Å². The van der Waals surface area contributed by atoms with Crippen molar-refractivity contribution in [3.05, 3.63) is 67.7 Å². The fourth-order valence-corrected chi connectivity index (χ4v) is 3.48. The van der Waals surface area contributed by atoms with Gasteiger partial charge >= 0.3 is 0 Å². The van der Waals surface area contributed by atoms with Crippen molar-refractivity contribution < 1.29 is 9.72 Å². The Hall–Kier alpha value is -2.82. The number of piperazine rings is 1. The molecule has 1 aliphatic heterocycles. The lowest BCUT2D eigenvalue weighted by Gasteiger charge is -2.36. The highest BCUT2D eigenvalue weighted by atomic mass is 35.5. The van der Waals surface area contributed by atoms with Gasteiger partial charge < -0.3 is 9.80 Å². The Kier molecular flexibility index (Phi) is 5.49. The number of hydrogen-bond acceptors (Lipinski definition) is 5. The van der Waals surface area contributed by atoms with Crippen molar-refractivity contribution in [3.63, 3.8) is 0 Å². The number of nitriles is 1. The lowest BCUT2D eigenvalue weighted by Crippen LogP contribution is -2.49. The third kappa shape index (κ3) is 3.97. The minimum atomic E-state index is -0.531. The zero-order valence-electron chi connectivity index (χ0n) is 14.1. The minimum absolute atomic E-state index is 0.124. The van der Waals surface area contributed by atoms with Crippen LogP contribution < -0.4 is 4.90 Å². The second kappa shape index (κ2) is 7.82. The van der Waals surface area contributed by atoms with Gasteiger partial charge in [0.2, 0.25) is 0 Å². The maximum Gasteiger partial charge on any atom is 0.270 e. The second-order valence-corrected chi connectivity index (χ2v) is 6.82. The number of hydrogen-bond donors (Lipinski definition) is 0. The largest absolute Gasteiger partial charge is 0.367 e. The molecule has 1 saturated heterocycles. The van der Waals surface area contributed by atoms with Gasteiger partial charge in [-0.05, 0) is 24.3 Å². The topological polar surface area (TPSA) is 90.5 Å². The first-order valence-electron chi connectivity index (χ1n) is 8.08. The number of rotatable bonds is 3. The number of anilines is 1. The maximum absolute atomic E-state index is 12.7. The minimum Gasteiger partial charge on any atom is -0.367 e. The summed E-state index contributed by atoms with van der Waals surface area (Å²) in [5.41, 5.74) is 1.13. The lowest BCUT2D eigenvalue weighted by molar-refractivity contribution is -0.384. The summed E-state index contributed by atoms with van der Waals surface area (Å²) in [5, 5.41) is 20.9. The van der Waals surface area contributed by atoms with E-state index in [0.717, 1.165) is 0 Å². The Labute approximate surface area is 165 Å². The molecule has 7 nitrogen and oxygen atoms in total. The summed E-state index contributed by atoms with van der Waals surface area (Å²) in [6.45, 7) is 1.90. The van der Waals surface area contributed by atoms with E-state index in [9.17, 15) is 20.2 Å². The summed E-state index contributed by atoms with van der Waals surface area (Å²) < 4.78 is 0. The Morgan fingerprint density at radius 3 is 2.41 bits per heavy atom. The first kappa shape index (κ1) is 19.0. The van der Waals surface area contributed by atoms with Gasteiger partial charge in [0.1, 0.15) is 6.07 Å². The molecule has 1 amide bonds. The summed E-state index contributed by atoms with van der Waals surface area (Å²) in [6.07, 6.45) is 0. The van der Waals surface area contributed by atoms with E-state index in [4.69, 9.17) is 23.2 Å². The van der Waals surface area contributed by atoms with Crippen molar-refractivity contribution in [1.82, 2.24) is 4.90 Å². The number of benzene rings is 2. The van der Waals surface area contributed by atoms with Crippen molar-refractivity contribution >= 4 is 40.5 Å². The smallest absolute Gasteiger partial charge is 0.270 e. The molecule has 3 rings (SSSR count). The number of nitro benzene ring substituents is 1. The predicted molar refractivity (Wildman–Crippen MR) is 102 cm³/mol. The number of nitrogens with zero attached hydrogens (tertiary/aromatic N) is 4. The zero-order valence-corrected chi connectivity index (χ0v) is 15.6. The van der Waals surface area contributed by atoms with Crippen molar-refractivity contribution in [2.24, 2.45) is 0 Å². The van der Waals surface area contributed by atoms with Gasteiger partial charge in [-0.2, -0.15) is 5.26 Å². The highest BCUT2D eigenvalue weighted by Crippen LogP contribution is 2.27. The molecule has 2 aromatic carbocycles. The van der Waals surface area contributed by atoms with Crippen molar-refractivity contribution in [2.75, 3.05) is 31.1 Å². The van der Waals surface area contributed by atoms with Crippen LogP contribution in [0.1, 0.15) is 15.9 Å². The van der Waals surface area contributed by atoms with Crippen molar-refractivity contribution in [3.8, 4) is 6.07 Å². The van der Waals surface area contributed by atoms with E-state index in [1.54, 1.807) is 23.1 Å². The van der Waals surface area contributed by atoms with Crippen LogP contribution in [0.4, 0.5) is 11.4 Å². The number of non-ortho nitro benzene ring substituents is 1. The van der Waals surface area contributed by atoms with E-state index >= 15 is 0 Å². The monoisotopic (exact) mass is 404 g/mol. The van der Waals surface area contributed by atoms with Gasteiger partial charge in [0.05, 0.1) is 26.8 Å². The Morgan fingerprint density at radius 1 is 1.11 bits per heavy atom. The number of nitro groups is 1. The van der Waals surface area contributed by atoms with Gasteiger partial charge in [-0.25, -0.2) is 0 Å².